The summed E-state index contributed by atoms with van der Waals surface area (Å²) in [4.78, 5) is 22.1. The predicted octanol–water partition coefficient (Wildman–Crippen LogP) is 5.70. The summed E-state index contributed by atoms with van der Waals surface area (Å²) in [5, 5.41) is 0. The van der Waals surface area contributed by atoms with E-state index in [-0.39, 0.29) is 12.1 Å². The van der Waals surface area contributed by atoms with Gasteiger partial charge in [-0.3, -0.25) is 9.80 Å². The fourth-order valence-corrected chi connectivity index (χ4v) is 4.58. The number of likely N-dealkylation sites (tertiary alicyclic amines) is 1. The first-order valence-electron chi connectivity index (χ1n) is 11.0. The van der Waals surface area contributed by atoms with Gasteiger partial charge in [0.05, 0.1) is 0 Å². The van der Waals surface area contributed by atoms with Crippen LogP contribution in [0.4, 0.5) is 10.6 Å². The molecule has 0 radical (unpaired) electrons. The number of carbonyl (C=O) groups excluding carboxylic acids is 1. The van der Waals surface area contributed by atoms with Crippen molar-refractivity contribution < 1.29 is 9.53 Å². The maximum Gasteiger partial charge on any atom is 0.416 e. The highest BCUT2D eigenvalue weighted by Crippen LogP contribution is 2.34. The molecule has 28 heavy (non-hydrogen) atoms. The number of hydrogen-bond acceptors (Lipinski definition) is 4. The molecular weight excluding hydrogens is 350 g/mol. The molecule has 1 aromatic rings. The van der Waals surface area contributed by atoms with Gasteiger partial charge in [-0.05, 0) is 78.5 Å². The van der Waals surface area contributed by atoms with Gasteiger partial charge in [-0.1, -0.05) is 25.3 Å². The van der Waals surface area contributed by atoms with Crippen molar-refractivity contribution in [1.82, 2.24) is 9.88 Å². The van der Waals surface area contributed by atoms with E-state index < -0.39 is 5.60 Å². The van der Waals surface area contributed by atoms with Gasteiger partial charge in [0.1, 0.15) is 11.4 Å². The van der Waals surface area contributed by atoms with Crippen LogP contribution in [0.2, 0.25) is 0 Å². The lowest BCUT2D eigenvalue weighted by molar-refractivity contribution is 0.0556. The Morgan fingerprint density at radius 3 is 2.43 bits per heavy atom. The van der Waals surface area contributed by atoms with Gasteiger partial charge in [-0.25, -0.2) is 9.78 Å². The number of ether oxygens (including phenoxy) is 1. The zero-order valence-electron chi connectivity index (χ0n) is 18.3. The number of rotatable bonds is 4. The van der Waals surface area contributed by atoms with E-state index in [1.165, 1.54) is 24.8 Å². The van der Waals surface area contributed by atoms with Crippen LogP contribution in [0.15, 0.2) is 18.3 Å². The molecule has 5 nitrogen and oxygen atoms in total. The quantitative estimate of drug-likeness (QED) is 0.665. The van der Waals surface area contributed by atoms with Crippen LogP contribution >= 0.6 is 0 Å². The zero-order chi connectivity index (χ0) is 20.3. The van der Waals surface area contributed by atoms with Crippen LogP contribution in [0, 0.1) is 0 Å². The second-order valence-corrected chi connectivity index (χ2v) is 9.58. The molecule has 1 aliphatic heterocycles. The summed E-state index contributed by atoms with van der Waals surface area (Å²) < 4.78 is 5.72. The topological polar surface area (TPSA) is 45.7 Å². The highest BCUT2D eigenvalue weighted by molar-refractivity contribution is 5.87. The van der Waals surface area contributed by atoms with E-state index >= 15 is 0 Å². The highest BCUT2D eigenvalue weighted by Gasteiger charge is 2.32. The summed E-state index contributed by atoms with van der Waals surface area (Å²) in [6.45, 7) is 11.4. The molecule has 1 saturated carbocycles. The number of carbonyl (C=O) groups is 1. The van der Waals surface area contributed by atoms with E-state index in [1.807, 2.05) is 37.9 Å². The molecule has 0 N–H and O–H groups in total. The molecule has 1 atom stereocenters. The van der Waals surface area contributed by atoms with Gasteiger partial charge in [0, 0.05) is 24.3 Å². The smallest absolute Gasteiger partial charge is 0.416 e. The van der Waals surface area contributed by atoms with Crippen LogP contribution in [0.5, 0.6) is 0 Å². The van der Waals surface area contributed by atoms with Crippen molar-refractivity contribution in [1.29, 1.82) is 0 Å². The lowest BCUT2D eigenvalue weighted by atomic mass is 9.94. The first-order chi connectivity index (χ1) is 13.3. The van der Waals surface area contributed by atoms with Gasteiger partial charge in [0.15, 0.2) is 0 Å². The van der Waals surface area contributed by atoms with Crippen molar-refractivity contribution in [3.8, 4) is 0 Å². The molecule has 1 amide bonds. The van der Waals surface area contributed by atoms with Crippen molar-refractivity contribution in [2.24, 2.45) is 0 Å². The maximum absolute atomic E-state index is 13.0. The molecule has 1 aliphatic carbocycles. The monoisotopic (exact) mass is 387 g/mol. The number of nitrogens with zero attached hydrogens (tertiary/aromatic N) is 3. The third kappa shape index (κ3) is 5.05. The Labute approximate surface area is 170 Å². The average Bonchev–Trinajstić information content (AvgIpc) is 3.12. The molecular formula is C23H37N3O2. The SMILES string of the molecule is CC(C)N1CCC[C@@H]1c1ccc(N(C(=O)OC(C)(C)C)C2CCCCC2)nc1. The second kappa shape index (κ2) is 8.81. The Morgan fingerprint density at radius 2 is 1.86 bits per heavy atom. The Hall–Kier alpha value is -1.62. The number of pyridine rings is 1. The highest BCUT2D eigenvalue weighted by atomic mass is 16.6. The van der Waals surface area contributed by atoms with E-state index in [0.29, 0.717) is 12.1 Å². The van der Waals surface area contributed by atoms with Crippen LogP contribution in [0.25, 0.3) is 0 Å². The third-order valence-corrected chi connectivity index (χ3v) is 5.89. The van der Waals surface area contributed by atoms with E-state index in [0.717, 1.165) is 38.0 Å². The molecule has 2 heterocycles. The molecule has 5 heteroatoms. The molecule has 3 rings (SSSR count). The van der Waals surface area contributed by atoms with Crippen LogP contribution in [0.1, 0.15) is 91.2 Å². The Morgan fingerprint density at radius 1 is 1.14 bits per heavy atom. The average molecular weight is 388 g/mol. The molecule has 1 aromatic heterocycles. The number of hydrogen-bond donors (Lipinski definition) is 0. The van der Waals surface area contributed by atoms with Crippen molar-refractivity contribution in [2.75, 3.05) is 11.4 Å². The van der Waals surface area contributed by atoms with Crippen LogP contribution in [0.3, 0.4) is 0 Å². The van der Waals surface area contributed by atoms with Gasteiger partial charge in [0.25, 0.3) is 0 Å². The summed E-state index contributed by atoms with van der Waals surface area (Å²) in [5.41, 5.74) is 0.744. The van der Waals surface area contributed by atoms with E-state index in [9.17, 15) is 4.79 Å². The summed E-state index contributed by atoms with van der Waals surface area (Å²) in [5.74, 6) is 0.721. The number of anilines is 1. The minimum atomic E-state index is -0.508. The molecule has 2 fully saturated rings. The Balaban J connectivity index is 1.82. The van der Waals surface area contributed by atoms with Gasteiger partial charge in [0.2, 0.25) is 0 Å². The molecule has 0 aromatic carbocycles. The van der Waals surface area contributed by atoms with Crippen LogP contribution < -0.4 is 4.90 Å². The van der Waals surface area contributed by atoms with Crippen LogP contribution in [-0.4, -0.2) is 40.2 Å². The summed E-state index contributed by atoms with van der Waals surface area (Å²) in [7, 11) is 0. The summed E-state index contributed by atoms with van der Waals surface area (Å²) in [6.07, 6.45) is 9.72. The largest absolute Gasteiger partial charge is 0.443 e. The zero-order valence-corrected chi connectivity index (χ0v) is 18.3. The van der Waals surface area contributed by atoms with E-state index in [1.54, 1.807) is 0 Å². The minimum absolute atomic E-state index is 0.181. The summed E-state index contributed by atoms with van der Waals surface area (Å²) in [6, 6.07) is 5.33. The molecule has 156 valence electrons. The predicted molar refractivity (Wildman–Crippen MR) is 114 cm³/mol. The summed E-state index contributed by atoms with van der Waals surface area (Å²) >= 11 is 0. The van der Waals surface area contributed by atoms with Crippen molar-refractivity contribution >= 4 is 11.9 Å². The lowest BCUT2D eigenvalue weighted by Crippen LogP contribution is -2.45. The van der Waals surface area contributed by atoms with Crippen LogP contribution in [-0.2, 0) is 4.74 Å². The van der Waals surface area contributed by atoms with E-state index in [4.69, 9.17) is 9.72 Å². The second-order valence-electron chi connectivity index (χ2n) is 9.58. The molecule has 2 aliphatic rings. The number of aromatic nitrogens is 1. The number of amides is 1. The fourth-order valence-electron chi connectivity index (χ4n) is 4.58. The van der Waals surface area contributed by atoms with Gasteiger partial charge >= 0.3 is 6.09 Å². The molecule has 0 bridgehead atoms. The first kappa shape index (κ1) is 21.1. The maximum atomic E-state index is 13.0. The van der Waals surface area contributed by atoms with E-state index in [2.05, 4.69) is 24.8 Å². The standard InChI is InChI=1S/C23H37N3O2/c1-17(2)25-15-9-12-20(25)18-13-14-21(24-16-18)26(19-10-7-6-8-11-19)22(27)28-23(3,4)5/h13-14,16-17,19-20H,6-12,15H2,1-5H3/t20-/m1/s1. The Bertz CT molecular complexity index is 645. The first-order valence-corrected chi connectivity index (χ1v) is 11.0. The minimum Gasteiger partial charge on any atom is -0.443 e. The van der Waals surface area contributed by atoms with Gasteiger partial charge < -0.3 is 4.74 Å². The lowest BCUT2D eigenvalue weighted by Gasteiger charge is -2.35. The van der Waals surface area contributed by atoms with Gasteiger partial charge in [-0.15, -0.1) is 0 Å². The van der Waals surface area contributed by atoms with Crippen molar-refractivity contribution in [2.45, 2.75) is 103 Å². The fraction of sp³-hybridized carbons (Fsp3) is 0.739. The normalized spacial score (nSPS) is 21.9. The third-order valence-electron chi connectivity index (χ3n) is 5.89. The molecule has 0 unspecified atom stereocenters. The van der Waals surface area contributed by atoms with Crippen molar-refractivity contribution in [3.63, 3.8) is 0 Å². The van der Waals surface area contributed by atoms with Crippen molar-refractivity contribution in [3.05, 3.63) is 23.9 Å². The Kier molecular flexibility index (Phi) is 6.64. The molecule has 1 saturated heterocycles. The molecule has 0 spiro atoms. The van der Waals surface area contributed by atoms with Gasteiger partial charge in [-0.2, -0.15) is 0 Å².